The average molecular weight is 397 g/mol. The lowest BCUT2D eigenvalue weighted by Gasteiger charge is -2.20. The predicted molar refractivity (Wildman–Crippen MR) is 106 cm³/mol. The predicted octanol–water partition coefficient (Wildman–Crippen LogP) is 2.87. The van der Waals surface area contributed by atoms with Crippen molar-refractivity contribution in [3.63, 3.8) is 0 Å². The number of esters is 1. The number of nitrogens with zero attached hydrogens (tertiary/aromatic N) is 1. The van der Waals surface area contributed by atoms with Crippen LogP contribution in [0.3, 0.4) is 0 Å². The van der Waals surface area contributed by atoms with Crippen molar-refractivity contribution in [1.82, 2.24) is 0 Å². The molecule has 7 heteroatoms. The zero-order valence-electron chi connectivity index (χ0n) is 16.6. The van der Waals surface area contributed by atoms with E-state index >= 15 is 0 Å². The number of amides is 1. The summed E-state index contributed by atoms with van der Waals surface area (Å²) in [5.74, 6) is -0.665. The standard InChI is InChI=1S/C22H23NO6/c1-14(21(25)15-7-5-4-6-8-15)29-22(26)16-11-20(24)23(13-16)18-12-17(27-2)9-10-19(18)28-3/h4-10,12,14,16H,11,13H2,1-3H3/t14-,16+/m0/s1. The molecular weight excluding hydrogens is 374 g/mol. The molecule has 1 fully saturated rings. The molecule has 1 heterocycles. The molecule has 0 saturated carbocycles. The van der Waals surface area contributed by atoms with E-state index in [0.29, 0.717) is 22.7 Å². The van der Waals surface area contributed by atoms with Gasteiger partial charge in [0.05, 0.1) is 25.8 Å². The van der Waals surface area contributed by atoms with Crippen LogP contribution in [0.4, 0.5) is 5.69 Å². The van der Waals surface area contributed by atoms with Crippen LogP contribution in [0.1, 0.15) is 23.7 Å². The second kappa shape index (κ2) is 8.77. The summed E-state index contributed by atoms with van der Waals surface area (Å²) in [6.07, 6.45) is -0.925. The molecule has 0 N–H and O–H groups in total. The number of benzene rings is 2. The van der Waals surface area contributed by atoms with Gasteiger partial charge in [0.15, 0.2) is 6.10 Å². The highest BCUT2D eigenvalue weighted by Gasteiger charge is 2.38. The van der Waals surface area contributed by atoms with Gasteiger partial charge in [0, 0.05) is 24.6 Å². The van der Waals surface area contributed by atoms with Gasteiger partial charge >= 0.3 is 5.97 Å². The molecule has 2 aromatic rings. The lowest BCUT2D eigenvalue weighted by atomic mass is 10.1. The molecule has 29 heavy (non-hydrogen) atoms. The van der Waals surface area contributed by atoms with Gasteiger partial charge in [0.1, 0.15) is 11.5 Å². The van der Waals surface area contributed by atoms with Gasteiger partial charge in [-0.25, -0.2) is 0 Å². The summed E-state index contributed by atoms with van der Waals surface area (Å²) >= 11 is 0. The maximum atomic E-state index is 12.6. The first-order valence-electron chi connectivity index (χ1n) is 9.26. The highest BCUT2D eigenvalue weighted by Crippen LogP contribution is 2.36. The van der Waals surface area contributed by atoms with Gasteiger partial charge in [-0.1, -0.05) is 30.3 Å². The Kier molecular flexibility index (Phi) is 6.16. The lowest BCUT2D eigenvalue weighted by Crippen LogP contribution is -2.30. The van der Waals surface area contributed by atoms with Crippen molar-refractivity contribution in [2.75, 3.05) is 25.7 Å². The van der Waals surface area contributed by atoms with Gasteiger partial charge in [0.25, 0.3) is 0 Å². The van der Waals surface area contributed by atoms with Gasteiger partial charge in [-0.05, 0) is 19.1 Å². The fourth-order valence-corrected chi connectivity index (χ4v) is 3.27. The molecular formula is C22H23NO6. The number of hydrogen-bond donors (Lipinski definition) is 0. The minimum atomic E-state index is -0.930. The maximum absolute atomic E-state index is 12.6. The second-order valence-corrected chi connectivity index (χ2v) is 6.75. The van der Waals surface area contributed by atoms with E-state index in [2.05, 4.69) is 0 Å². The summed E-state index contributed by atoms with van der Waals surface area (Å²) in [7, 11) is 3.04. The zero-order chi connectivity index (χ0) is 21.0. The Morgan fingerprint density at radius 2 is 1.79 bits per heavy atom. The zero-order valence-corrected chi connectivity index (χ0v) is 16.6. The largest absolute Gasteiger partial charge is 0.497 e. The monoisotopic (exact) mass is 397 g/mol. The van der Waals surface area contributed by atoms with Gasteiger partial charge in [-0.15, -0.1) is 0 Å². The first kappa shape index (κ1) is 20.4. The van der Waals surface area contributed by atoms with Crippen LogP contribution in [-0.2, 0) is 14.3 Å². The van der Waals surface area contributed by atoms with E-state index in [4.69, 9.17) is 14.2 Å². The molecule has 1 aliphatic heterocycles. The summed E-state index contributed by atoms with van der Waals surface area (Å²) in [5, 5.41) is 0. The molecule has 0 aliphatic carbocycles. The number of Topliss-reactive ketones (excluding diaryl/α,β-unsaturated/α-hetero) is 1. The van der Waals surface area contributed by atoms with Crippen molar-refractivity contribution in [2.45, 2.75) is 19.4 Å². The Morgan fingerprint density at radius 3 is 2.45 bits per heavy atom. The van der Waals surface area contributed by atoms with Crippen LogP contribution in [0.15, 0.2) is 48.5 Å². The number of rotatable bonds is 7. The van der Waals surface area contributed by atoms with Crippen molar-refractivity contribution in [3.8, 4) is 11.5 Å². The van der Waals surface area contributed by atoms with Gasteiger partial charge in [0.2, 0.25) is 11.7 Å². The Labute approximate surface area is 169 Å². The third-order valence-corrected chi connectivity index (χ3v) is 4.86. The molecule has 1 saturated heterocycles. The first-order chi connectivity index (χ1) is 13.9. The van der Waals surface area contributed by atoms with Crippen LogP contribution in [0, 0.1) is 5.92 Å². The average Bonchev–Trinajstić information content (AvgIpc) is 3.14. The Bertz CT molecular complexity index is 911. The highest BCUT2D eigenvalue weighted by molar-refractivity contribution is 6.02. The van der Waals surface area contributed by atoms with Crippen molar-refractivity contribution < 1.29 is 28.6 Å². The summed E-state index contributed by atoms with van der Waals surface area (Å²) in [4.78, 5) is 39.0. The highest BCUT2D eigenvalue weighted by atomic mass is 16.5. The number of carbonyl (C=O) groups excluding carboxylic acids is 3. The lowest BCUT2D eigenvalue weighted by molar-refractivity contribution is -0.151. The van der Waals surface area contributed by atoms with E-state index in [0.717, 1.165) is 0 Å². The van der Waals surface area contributed by atoms with Crippen LogP contribution in [0.2, 0.25) is 0 Å². The van der Waals surface area contributed by atoms with Gasteiger partial charge in [-0.2, -0.15) is 0 Å². The molecule has 3 rings (SSSR count). The third kappa shape index (κ3) is 4.39. The molecule has 7 nitrogen and oxygen atoms in total. The normalized spacial score (nSPS) is 17.0. The van der Waals surface area contributed by atoms with E-state index < -0.39 is 18.0 Å². The Morgan fingerprint density at radius 1 is 1.07 bits per heavy atom. The Hall–Kier alpha value is -3.35. The van der Waals surface area contributed by atoms with Crippen molar-refractivity contribution >= 4 is 23.3 Å². The van der Waals surface area contributed by atoms with E-state index in [9.17, 15) is 14.4 Å². The third-order valence-electron chi connectivity index (χ3n) is 4.86. The summed E-state index contributed by atoms with van der Waals surface area (Å²) in [5.41, 5.74) is 0.999. The van der Waals surface area contributed by atoms with E-state index in [1.165, 1.54) is 26.0 Å². The molecule has 0 aromatic heterocycles. The fourth-order valence-electron chi connectivity index (χ4n) is 3.27. The molecule has 0 spiro atoms. The maximum Gasteiger partial charge on any atom is 0.312 e. The number of ether oxygens (including phenoxy) is 3. The first-order valence-corrected chi connectivity index (χ1v) is 9.26. The van der Waals surface area contributed by atoms with Gasteiger partial charge in [-0.3, -0.25) is 14.4 Å². The molecule has 1 amide bonds. The fraction of sp³-hybridized carbons (Fsp3) is 0.318. The van der Waals surface area contributed by atoms with Crippen LogP contribution < -0.4 is 14.4 Å². The SMILES string of the molecule is COc1ccc(OC)c(N2C[C@H](C(=O)O[C@@H](C)C(=O)c3ccccc3)CC2=O)c1. The quantitative estimate of drug-likeness (QED) is 0.528. The minimum Gasteiger partial charge on any atom is -0.497 e. The number of hydrogen-bond acceptors (Lipinski definition) is 6. The molecule has 0 radical (unpaired) electrons. The van der Waals surface area contributed by atoms with Crippen molar-refractivity contribution in [3.05, 3.63) is 54.1 Å². The molecule has 2 atom stereocenters. The number of methoxy groups -OCH3 is 2. The molecule has 0 bridgehead atoms. The molecule has 2 aromatic carbocycles. The van der Waals surface area contributed by atoms with Gasteiger partial charge < -0.3 is 19.1 Å². The minimum absolute atomic E-state index is 0.00540. The van der Waals surface area contributed by atoms with E-state index in [1.54, 1.807) is 48.5 Å². The molecule has 0 unspecified atom stereocenters. The van der Waals surface area contributed by atoms with Crippen molar-refractivity contribution in [1.29, 1.82) is 0 Å². The van der Waals surface area contributed by atoms with E-state index in [-0.39, 0.29) is 24.7 Å². The van der Waals surface area contributed by atoms with Crippen molar-refractivity contribution in [2.24, 2.45) is 5.92 Å². The number of ketones is 1. The summed E-state index contributed by atoms with van der Waals surface area (Å²) in [6, 6.07) is 13.8. The van der Waals surface area contributed by atoms with Crippen LogP contribution >= 0.6 is 0 Å². The smallest absolute Gasteiger partial charge is 0.312 e. The topological polar surface area (TPSA) is 82.1 Å². The van der Waals surface area contributed by atoms with Crippen LogP contribution in [-0.4, -0.2) is 44.5 Å². The summed E-state index contributed by atoms with van der Waals surface area (Å²) in [6.45, 7) is 1.68. The summed E-state index contributed by atoms with van der Waals surface area (Å²) < 4.78 is 15.9. The number of carbonyl (C=O) groups is 3. The van der Waals surface area contributed by atoms with Crippen LogP contribution in [0.25, 0.3) is 0 Å². The Balaban J connectivity index is 1.70. The van der Waals surface area contributed by atoms with Crippen LogP contribution in [0.5, 0.6) is 11.5 Å². The molecule has 1 aliphatic rings. The second-order valence-electron chi connectivity index (χ2n) is 6.75. The number of anilines is 1. The molecule has 152 valence electrons. The van der Waals surface area contributed by atoms with E-state index in [1.807, 2.05) is 0 Å².